The number of anilines is 1. The number of methoxy groups -OCH3 is 1. The monoisotopic (exact) mass is 321 g/mol. The molecule has 100 valence electrons. The first kappa shape index (κ1) is 13.8. The lowest BCUT2D eigenvalue weighted by molar-refractivity contribution is 0.412. The standard InChI is InChI=1S/C14H16BrN3O/c1-8-5-6-18-14(17)12(8)13(16)9-3-4-11(19-2)10(15)7-9/h3-7,13H,16H2,1-2H3,(H2,17,18). The van der Waals surface area contributed by atoms with Gasteiger partial charge in [0, 0.05) is 11.8 Å². The smallest absolute Gasteiger partial charge is 0.133 e. The van der Waals surface area contributed by atoms with Gasteiger partial charge in [-0.05, 0) is 52.2 Å². The van der Waals surface area contributed by atoms with Gasteiger partial charge < -0.3 is 16.2 Å². The predicted molar refractivity (Wildman–Crippen MR) is 80.1 cm³/mol. The summed E-state index contributed by atoms with van der Waals surface area (Å²) >= 11 is 3.46. The Bertz CT molecular complexity index is 581. The molecule has 0 spiro atoms. The minimum absolute atomic E-state index is 0.309. The van der Waals surface area contributed by atoms with E-state index in [1.165, 1.54) is 0 Å². The average molecular weight is 322 g/mol. The van der Waals surface area contributed by atoms with Crippen LogP contribution in [0.2, 0.25) is 0 Å². The number of ether oxygens (including phenoxy) is 1. The number of hydrogen-bond donors (Lipinski definition) is 2. The van der Waals surface area contributed by atoms with Crippen LogP contribution in [0.1, 0.15) is 22.7 Å². The largest absolute Gasteiger partial charge is 0.496 e. The number of aromatic nitrogens is 1. The first-order valence-corrected chi connectivity index (χ1v) is 6.64. The molecule has 0 aliphatic carbocycles. The number of nitrogen functional groups attached to an aromatic ring is 1. The second kappa shape index (κ2) is 5.59. The molecule has 0 saturated carbocycles. The van der Waals surface area contributed by atoms with E-state index >= 15 is 0 Å². The van der Waals surface area contributed by atoms with Crippen LogP contribution in [-0.4, -0.2) is 12.1 Å². The predicted octanol–water partition coefficient (Wildman–Crippen LogP) is 2.79. The van der Waals surface area contributed by atoms with Crippen molar-refractivity contribution in [3.05, 3.63) is 51.6 Å². The Kier molecular flexibility index (Phi) is 4.07. The summed E-state index contributed by atoms with van der Waals surface area (Å²) in [6.45, 7) is 1.98. The third kappa shape index (κ3) is 2.72. The summed E-state index contributed by atoms with van der Waals surface area (Å²) < 4.78 is 6.07. The zero-order chi connectivity index (χ0) is 14.0. The summed E-state index contributed by atoms with van der Waals surface area (Å²) in [7, 11) is 1.63. The van der Waals surface area contributed by atoms with Gasteiger partial charge in [-0.2, -0.15) is 0 Å². The number of halogens is 1. The lowest BCUT2D eigenvalue weighted by atomic mass is 9.96. The zero-order valence-electron chi connectivity index (χ0n) is 10.9. The molecule has 1 unspecified atom stereocenters. The molecule has 1 aromatic carbocycles. The molecule has 4 nitrogen and oxygen atoms in total. The molecule has 0 bridgehead atoms. The molecule has 2 rings (SSSR count). The fraction of sp³-hybridized carbons (Fsp3) is 0.214. The van der Waals surface area contributed by atoms with Gasteiger partial charge in [0.2, 0.25) is 0 Å². The maximum absolute atomic E-state index is 6.30. The molecule has 0 saturated heterocycles. The minimum Gasteiger partial charge on any atom is -0.496 e. The Morgan fingerprint density at radius 2 is 2.05 bits per heavy atom. The average Bonchev–Trinajstić information content (AvgIpc) is 2.38. The molecule has 0 aliphatic heterocycles. The number of benzene rings is 1. The van der Waals surface area contributed by atoms with Gasteiger partial charge in [0.05, 0.1) is 17.6 Å². The van der Waals surface area contributed by atoms with E-state index in [9.17, 15) is 0 Å². The lowest BCUT2D eigenvalue weighted by Gasteiger charge is -2.17. The van der Waals surface area contributed by atoms with Crippen LogP contribution >= 0.6 is 15.9 Å². The Hall–Kier alpha value is -1.59. The molecule has 0 fully saturated rings. The van der Waals surface area contributed by atoms with Gasteiger partial charge in [0.15, 0.2) is 0 Å². The van der Waals surface area contributed by atoms with E-state index in [1.807, 2.05) is 31.2 Å². The molecule has 4 N–H and O–H groups in total. The second-order valence-corrected chi connectivity index (χ2v) is 5.15. The molecule has 19 heavy (non-hydrogen) atoms. The lowest BCUT2D eigenvalue weighted by Crippen LogP contribution is -2.16. The van der Waals surface area contributed by atoms with Crippen LogP contribution in [0, 0.1) is 6.92 Å². The van der Waals surface area contributed by atoms with Crippen LogP contribution in [0.3, 0.4) is 0 Å². The third-order valence-corrected chi connectivity index (χ3v) is 3.70. The fourth-order valence-corrected chi connectivity index (χ4v) is 2.60. The van der Waals surface area contributed by atoms with Crippen LogP contribution in [0.25, 0.3) is 0 Å². The first-order chi connectivity index (χ1) is 9.04. The van der Waals surface area contributed by atoms with Crippen LogP contribution in [0.5, 0.6) is 5.75 Å². The topological polar surface area (TPSA) is 74.2 Å². The molecule has 1 aromatic heterocycles. The van der Waals surface area contributed by atoms with Gasteiger partial charge in [-0.15, -0.1) is 0 Å². The highest BCUT2D eigenvalue weighted by atomic mass is 79.9. The minimum atomic E-state index is -0.309. The van der Waals surface area contributed by atoms with E-state index in [0.717, 1.165) is 26.9 Å². The molecular weight excluding hydrogens is 306 g/mol. The summed E-state index contributed by atoms with van der Waals surface area (Å²) in [6, 6.07) is 7.34. The van der Waals surface area contributed by atoms with Gasteiger partial charge >= 0.3 is 0 Å². The fourth-order valence-electron chi connectivity index (χ4n) is 2.04. The molecule has 1 atom stereocenters. The van der Waals surface area contributed by atoms with E-state index in [4.69, 9.17) is 16.2 Å². The van der Waals surface area contributed by atoms with Crippen molar-refractivity contribution in [2.24, 2.45) is 5.73 Å². The summed E-state index contributed by atoms with van der Waals surface area (Å²) in [5, 5.41) is 0. The summed E-state index contributed by atoms with van der Waals surface area (Å²) in [4.78, 5) is 4.10. The molecule has 0 aliphatic rings. The van der Waals surface area contributed by atoms with Crippen LogP contribution in [-0.2, 0) is 0 Å². The van der Waals surface area contributed by atoms with Gasteiger partial charge in [0.1, 0.15) is 11.6 Å². The highest BCUT2D eigenvalue weighted by Gasteiger charge is 2.16. The van der Waals surface area contributed by atoms with Crippen molar-refractivity contribution < 1.29 is 4.74 Å². The van der Waals surface area contributed by atoms with Crippen LogP contribution < -0.4 is 16.2 Å². The van der Waals surface area contributed by atoms with E-state index in [1.54, 1.807) is 13.3 Å². The Labute approximate surface area is 120 Å². The molecule has 0 radical (unpaired) electrons. The molecule has 1 heterocycles. The maximum Gasteiger partial charge on any atom is 0.133 e. The van der Waals surface area contributed by atoms with Gasteiger partial charge in [-0.1, -0.05) is 6.07 Å². The number of rotatable bonds is 3. The number of pyridine rings is 1. The molecule has 0 amide bonds. The molecular formula is C14H16BrN3O. The van der Waals surface area contributed by atoms with Crippen molar-refractivity contribution >= 4 is 21.7 Å². The third-order valence-electron chi connectivity index (χ3n) is 3.08. The van der Waals surface area contributed by atoms with Crippen LogP contribution in [0.15, 0.2) is 34.9 Å². The van der Waals surface area contributed by atoms with Crippen molar-refractivity contribution in [1.82, 2.24) is 4.98 Å². The zero-order valence-corrected chi connectivity index (χ0v) is 12.4. The van der Waals surface area contributed by atoms with Crippen molar-refractivity contribution in [2.45, 2.75) is 13.0 Å². The summed E-state index contributed by atoms with van der Waals surface area (Å²) in [5.74, 6) is 1.24. The Morgan fingerprint density at radius 1 is 1.32 bits per heavy atom. The van der Waals surface area contributed by atoms with Gasteiger partial charge in [-0.25, -0.2) is 4.98 Å². The van der Waals surface area contributed by atoms with Crippen molar-refractivity contribution in [2.75, 3.05) is 12.8 Å². The SMILES string of the molecule is COc1ccc(C(N)c2c(C)ccnc2N)cc1Br. The summed E-state index contributed by atoms with van der Waals surface area (Å²) in [5.41, 5.74) is 15.1. The maximum atomic E-state index is 6.30. The highest BCUT2D eigenvalue weighted by Crippen LogP contribution is 2.31. The highest BCUT2D eigenvalue weighted by molar-refractivity contribution is 9.10. The number of hydrogen-bond acceptors (Lipinski definition) is 4. The Morgan fingerprint density at radius 3 is 2.63 bits per heavy atom. The first-order valence-electron chi connectivity index (χ1n) is 5.84. The van der Waals surface area contributed by atoms with Crippen molar-refractivity contribution in [1.29, 1.82) is 0 Å². The van der Waals surface area contributed by atoms with E-state index in [0.29, 0.717) is 5.82 Å². The van der Waals surface area contributed by atoms with Crippen molar-refractivity contribution in [3.63, 3.8) is 0 Å². The second-order valence-electron chi connectivity index (χ2n) is 4.30. The van der Waals surface area contributed by atoms with Gasteiger partial charge in [0.25, 0.3) is 0 Å². The number of aryl methyl sites for hydroxylation is 1. The molecule has 5 heteroatoms. The quantitative estimate of drug-likeness (QED) is 0.911. The van der Waals surface area contributed by atoms with E-state index in [-0.39, 0.29) is 6.04 Å². The number of nitrogens with two attached hydrogens (primary N) is 2. The normalized spacial score (nSPS) is 12.2. The van der Waals surface area contributed by atoms with Crippen LogP contribution in [0.4, 0.5) is 5.82 Å². The van der Waals surface area contributed by atoms with Crippen molar-refractivity contribution in [3.8, 4) is 5.75 Å². The molecule has 2 aromatic rings. The van der Waals surface area contributed by atoms with E-state index < -0.39 is 0 Å². The van der Waals surface area contributed by atoms with E-state index in [2.05, 4.69) is 20.9 Å². The number of nitrogens with zero attached hydrogens (tertiary/aromatic N) is 1. The summed E-state index contributed by atoms with van der Waals surface area (Å²) in [6.07, 6.45) is 1.69. The Balaban J connectivity index is 2.44. The van der Waals surface area contributed by atoms with Gasteiger partial charge in [-0.3, -0.25) is 0 Å².